The number of hydrogen-bond acceptors (Lipinski definition) is 4. The van der Waals surface area contributed by atoms with Crippen molar-refractivity contribution in [3.05, 3.63) is 45.8 Å². The molecule has 1 aromatic carbocycles. The Morgan fingerprint density at radius 1 is 1.36 bits per heavy atom. The summed E-state index contributed by atoms with van der Waals surface area (Å²) in [6, 6.07) is 3.21. The van der Waals surface area contributed by atoms with Crippen molar-refractivity contribution in [3.8, 4) is 5.75 Å². The van der Waals surface area contributed by atoms with Crippen LogP contribution in [-0.2, 0) is 17.6 Å². The van der Waals surface area contributed by atoms with Crippen molar-refractivity contribution in [1.29, 1.82) is 0 Å². The lowest BCUT2D eigenvalue weighted by molar-refractivity contribution is -0.117. The van der Waals surface area contributed by atoms with Gasteiger partial charge in [0.25, 0.3) is 0 Å². The Hall–Kier alpha value is -2.21. The second kappa shape index (κ2) is 7.78. The number of nitrogens with zero attached hydrogens (tertiary/aromatic N) is 1. The van der Waals surface area contributed by atoms with Crippen LogP contribution in [-0.4, -0.2) is 22.4 Å². The number of H-pyrrole nitrogens is 1. The quantitative estimate of drug-likeness (QED) is 0.638. The number of rotatable bonds is 8. The molecule has 0 atom stereocenters. The molecule has 0 saturated heterocycles. The van der Waals surface area contributed by atoms with Crippen molar-refractivity contribution in [2.75, 3.05) is 6.61 Å². The molecular formula is C19H21FN2O2S. The molecule has 4 nitrogen and oxygen atoms in total. The van der Waals surface area contributed by atoms with Crippen LogP contribution in [0, 0.1) is 12.7 Å². The van der Waals surface area contributed by atoms with Crippen molar-refractivity contribution in [2.24, 2.45) is 0 Å². The van der Waals surface area contributed by atoms with Crippen LogP contribution in [0.1, 0.15) is 36.0 Å². The average Bonchev–Trinajstić information content (AvgIpc) is 3.14. The molecule has 0 aliphatic heterocycles. The molecule has 0 bridgehead atoms. The monoisotopic (exact) mass is 360 g/mol. The predicted octanol–water partition coefficient (Wildman–Crippen LogP) is 4.61. The van der Waals surface area contributed by atoms with Gasteiger partial charge < -0.3 is 14.5 Å². The molecule has 132 valence electrons. The molecule has 0 aliphatic carbocycles. The number of hydrogen-bond donors (Lipinski definition) is 1. The molecule has 0 saturated carbocycles. The fraction of sp³-hybridized carbons (Fsp3) is 0.368. The molecule has 2 heterocycles. The van der Waals surface area contributed by atoms with Gasteiger partial charge in [-0.3, -0.25) is 0 Å². The molecule has 1 N–H and O–H groups in total. The summed E-state index contributed by atoms with van der Waals surface area (Å²) in [4.78, 5) is 18.6. The third-order valence-corrected chi connectivity index (χ3v) is 4.90. The fourth-order valence-electron chi connectivity index (χ4n) is 2.81. The van der Waals surface area contributed by atoms with Crippen LogP contribution >= 0.6 is 11.3 Å². The molecule has 3 aromatic rings. The summed E-state index contributed by atoms with van der Waals surface area (Å²) < 4.78 is 19.9. The Bertz CT molecular complexity index is 885. The van der Waals surface area contributed by atoms with E-state index in [-0.39, 0.29) is 17.3 Å². The lowest BCUT2D eigenvalue weighted by atomic mass is 10.1. The van der Waals surface area contributed by atoms with Gasteiger partial charge in [0.05, 0.1) is 17.3 Å². The number of aromatic amines is 1. The van der Waals surface area contributed by atoms with E-state index >= 15 is 0 Å². The lowest BCUT2D eigenvalue weighted by Crippen LogP contribution is -2.03. The number of carbonyl (C=O) groups excluding carboxylic acids is 1. The van der Waals surface area contributed by atoms with Gasteiger partial charge in [0.15, 0.2) is 11.6 Å². The number of aryl methyl sites for hydroxylation is 2. The Labute approximate surface area is 150 Å². The highest BCUT2D eigenvalue weighted by atomic mass is 32.1. The smallest absolute Gasteiger partial charge is 0.167 e. The maximum Gasteiger partial charge on any atom is 0.167 e. The standard InChI is InChI=1S/C19H21FN2O2S/c1-12(23)4-3-5-14-10-21-18-9-17(20)19(8-16(14)18)24-7-6-15-11-25-13(2)22-15/h8-11,21H,3-7H2,1-2H3. The van der Waals surface area contributed by atoms with Crippen molar-refractivity contribution in [3.63, 3.8) is 0 Å². The van der Waals surface area contributed by atoms with Gasteiger partial charge in [0.1, 0.15) is 5.78 Å². The zero-order valence-electron chi connectivity index (χ0n) is 14.4. The SMILES string of the molecule is CC(=O)CCCc1c[nH]c2cc(F)c(OCCc3csc(C)n3)cc12. The van der Waals surface area contributed by atoms with Crippen LogP contribution in [0.5, 0.6) is 5.75 Å². The lowest BCUT2D eigenvalue weighted by Gasteiger charge is -2.07. The summed E-state index contributed by atoms with van der Waals surface area (Å²) in [6.07, 6.45) is 4.67. The first-order valence-corrected chi connectivity index (χ1v) is 9.23. The number of Topliss-reactive ketones (excluding diaryl/α,β-unsaturated/α-hetero) is 1. The Kier molecular flexibility index (Phi) is 5.48. The summed E-state index contributed by atoms with van der Waals surface area (Å²) in [6.45, 7) is 3.94. The van der Waals surface area contributed by atoms with E-state index < -0.39 is 0 Å². The number of benzene rings is 1. The zero-order valence-corrected chi connectivity index (χ0v) is 15.2. The van der Waals surface area contributed by atoms with E-state index in [0.29, 0.717) is 19.4 Å². The molecule has 6 heteroatoms. The Balaban J connectivity index is 1.69. The first kappa shape index (κ1) is 17.6. The minimum absolute atomic E-state index is 0.187. The van der Waals surface area contributed by atoms with Crippen molar-refractivity contribution in [2.45, 2.75) is 39.5 Å². The molecular weight excluding hydrogens is 339 g/mol. The first-order chi connectivity index (χ1) is 12.0. The number of nitrogens with one attached hydrogen (secondary N) is 1. The van der Waals surface area contributed by atoms with E-state index in [1.54, 1.807) is 24.3 Å². The molecule has 2 aromatic heterocycles. The van der Waals surface area contributed by atoms with Crippen LogP contribution in [0.2, 0.25) is 0 Å². The van der Waals surface area contributed by atoms with Gasteiger partial charge >= 0.3 is 0 Å². The number of fused-ring (bicyclic) bond motifs is 1. The molecule has 0 spiro atoms. The molecule has 0 amide bonds. The van der Waals surface area contributed by atoms with Crippen molar-refractivity contribution >= 4 is 28.0 Å². The van der Waals surface area contributed by atoms with E-state index in [1.165, 1.54) is 6.07 Å². The van der Waals surface area contributed by atoms with E-state index in [9.17, 15) is 9.18 Å². The van der Waals surface area contributed by atoms with Gasteiger partial charge in [0, 0.05) is 41.4 Å². The molecule has 25 heavy (non-hydrogen) atoms. The van der Waals surface area contributed by atoms with Crippen LogP contribution in [0.3, 0.4) is 0 Å². The second-order valence-electron chi connectivity index (χ2n) is 6.15. The van der Waals surface area contributed by atoms with E-state index in [1.807, 2.05) is 18.5 Å². The number of thiazole rings is 1. The number of aromatic nitrogens is 2. The van der Waals surface area contributed by atoms with Gasteiger partial charge in [0.2, 0.25) is 0 Å². The van der Waals surface area contributed by atoms with Crippen LogP contribution < -0.4 is 4.74 Å². The highest BCUT2D eigenvalue weighted by molar-refractivity contribution is 7.09. The zero-order chi connectivity index (χ0) is 17.8. The molecule has 3 rings (SSSR count). The number of halogens is 1. The summed E-state index contributed by atoms with van der Waals surface area (Å²) in [5.41, 5.74) is 2.80. The van der Waals surface area contributed by atoms with Crippen molar-refractivity contribution in [1.82, 2.24) is 9.97 Å². The van der Waals surface area contributed by atoms with Crippen molar-refractivity contribution < 1.29 is 13.9 Å². The minimum Gasteiger partial charge on any atom is -0.490 e. The topological polar surface area (TPSA) is 55.0 Å². The Morgan fingerprint density at radius 3 is 2.92 bits per heavy atom. The van der Waals surface area contributed by atoms with Gasteiger partial charge in [-0.25, -0.2) is 9.37 Å². The second-order valence-corrected chi connectivity index (χ2v) is 7.22. The number of ether oxygens (including phenoxy) is 1. The highest BCUT2D eigenvalue weighted by Crippen LogP contribution is 2.28. The summed E-state index contributed by atoms with van der Waals surface area (Å²) >= 11 is 1.60. The van der Waals surface area contributed by atoms with Gasteiger partial charge in [-0.2, -0.15) is 0 Å². The minimum atomic E-state index is -0.376. The van der Waals surface area contributed by atoms with Crippen LogP contribution in [0.15, 0.2) is 23.7 Å². The van der Waals surface area contributed by atoms with Gasteiger partial charge in [-0.15, -0.1) is 11.3 Å². The normalized spacial score (nSPS) is 11.2. The van der Waals surface area contributed by atoms with Gasteiger partial charge in [-0.1, -0.05) is 0 Å². The Morgan fingerprint density at radius 2 is 2.20 bits per heavy atom. The molecule has 0 radical (unpaired) electrons. The molecule has 0 fully saturated rings. The average molecular weight is 360 g/mol. The third-order valence-electron chi connectivity index (χ3n) is 4.08. The van der Waals surface area contributed by atoms with E-state index in [0.717, 1.165) is 40.0 Å². The van der Waals surface area contributed by atoms with Crippen LogP contribution in [0.4, 0.5) is 4.39 Å². The number of ketones is 1. The summed E-state index contributed by atoms with van der Waals surface area (Å²) in [5.74, 6) is 0.0677. The highest BCUT2D eigenvalue weighted by Gasteiger charge is 2.11. The predicted molar refractivity (Wildman–Crippen MR) is 97.9 cm³/mol. The maximum atomic E-state index is 14.2. The summed E-state index contributed by atoms with van der Waals surface area (Å²) in [5, 5.41) is 3.96. The third kappa shape index (κ3) is 4.45. The largest absolute Gasteiger partial charge is 0.490 e. The molecule has 0 aliphatic rings. The van der Waals surface area contributed by atoms with E-state index in [2.05, 4.69) is 9.97 Å². The van der Waals surface area contributed by atoms with E-state index in [4.69, 9.17) is 4.74 Å². The first-order valence-electron chi connectivity index (χ1n) is 8.35. The van der Waals surface area contributed by atoms with Crippen LogP contribution in [0.25, 0.3) is 10.9 Å². The fourth-order valence-corrected chi connectivity index (χ4v) is 3.46. The molecule has 0 unspecified atom stereocenters. The summed E-state index contributed by atoms with van der Waals surface area (Å²) in [7, 11) is 0. The maximum absolute atomic E-state index is 14.2. The number of carbonyl (C=O) groups is 1. The van der Waals surface area contributed by atoms with Gasteiger partial charge in [-0.05, 0) is 38.3 Å².